The molecule has 0 saturated carbocycles. The quantitative estimate of drug-likeness (QED) is 0.307. The Hall–Kier alpha value is -1.31. The molecule has 0 atom stereocenters. The molecule has 1 aromatic heterocycles. The Morgan fingerprint density at radius 2 is 1.73 bits per heavy atom. The second-order valence-electron chi connectivity index (χ2n) is 7.35. The maximum absolute atomic E-state index is 2.48. The molecule has 4 rings (SSSR count). The molecule has 2 aromatic carbocycles. The fourth-order valence-electron chi connectivity index (χ4n) is 3.66. The van der Waals surface area contributed by atoms with Crippen LogP contribution in [0.4, 0.5) is 5.69 Å². The van der Waals surface area contributed by atoms with Crippen LogP contribution in [0.2, 0.25) is 0 Å². The van der Waals surface area contributed by atoms with E-state index in [9.17, 15) is 0 Å². The van der Waals surface area contributed by atoms with Gasteiger partial charge in [0.2, 0.25) is 5.52 Å². The molecule has 158 valence electrons. The Morgan fingerprint density at radius 3 is 2.57 bits per heavy atom. The van der Waals surface area contributed by atoms with Crippen LogP contribution in [0.3, 0.4) is 0 Å². The molecule has 0 unspecified atom stereocenters. The number of halogens is 1. The van der Waals surface area contributed by atoms with Crippen molar-refractivity contribution in [3.8, 4) is 0 Å². The minimum Gasteiger partial charge on any atom is -1.00 e. The van der Waals surface area contributed by atoms with Crippen LogP contribution in [0.15, 0.2) is 70.6 Å². The topological polar surface area (TPSA) is 7.12 Å². The zero-order chi connectivity index (χ0) is 20.1. The lowest BCUT2D eigenvalue weighted by Gasteiger charge is -2.19. The van der Waals surface area contributed by atoms with Crippen LogP contribution in [-0.4, -0.2) is 6.54 Å². The van der Waals surface area contributed by atoms with Crippen LogP contribution in [0.5, 0.6) is 0 Å². The molecule has 2 heterocycles. The van der Waals surface area contributed by atoms with Gasteiger partial charge in [-0.25, -0.2) is 0 Å². The van der Waals surface area contributed by atoms with Gasteiger partial charge in [-0.3, -0.25) is 0 Å². The van der Waals surface area contributed by atoms with Crippen molar-refractivity contribution in [1.82, 2.24) is 0 Å². The number of hydrogen-bond acceptors (Lipinski definition) is 3. The van der Waals surface area contributed by atoms with Gasteiger partial charge >= 0.3 is 0 Å². The Labute approximate surface area is 205 Å². The smallest absolute Gasteiger partial charge is 0.262 e. The SMILES string of the molecule is CCCCN1/C(=C/C=C/c2sc3ccccc3[n+]2CCCC)Sc2ccccc21.[I-]. The van der Waals surface area contributed by atoms with E-state index in [1.54, 1.807) is 0 Å². The Morgan fingerprint density at radius 1 is 0.967 bits per heavy atom. The molecular formula is C25H29IN2S2. The highest BCUT2D eigenvalue weighted by Crippen LogP contribution is 2.45. The lowest BCUT2D eigenvalue weighted by molar-refractivity contribution is -0.669. The fourth-order valence-corrected chi connectivity index (χ4v) is 5.86. The first-order chi connectivity index (χ1) is 14.3. The van der Waals surface area contributed by atoms with Gasteiger partial charge in [0.15, 0.2) is 6.54 Å². The van der Waals surface area contributed by atoms with E-state index in [0.717, 1.165) is 13.1 Å². The summed E-state index contributed by atoms with van der Waals surface area (Å²) in [5.74, 6) is 0. The van der Waals surface area contributed by atoms with Crippen molar-refractivity contribution in [1.29, 1.82) is 0 Å². The summed E-state index contributed by atoms with van der Waals surface area (Å²) in [5.41, 5.74) is 2.70. The summed E-state index contributed by atoms with van der Waals surface area (Å²) in [6.07, 6.45) is 11.7. The summed E-state index contributed by atoms with van der Waals surface area (Å²) < 4.78 is 3.84. The number of rotatable bonds is 8. The molecule has 0 saturated heterocycles. The Kier molecular flexibility index (Phi) is 8.84. The van der Waals surface area contributed by atoms with Gasteiger partial charge in [0.25, 0.3) is 5.01 Å². The first-order valence-corrected chi connectivity index (χ1v) is 12.3. The average Bonchev–Trinajstić information content (AvgIpc) is 3.28. The number of unbranched alkanes of at least 4 members (excludes halogenated alkanes) is 2. The zero-order valence-electron chi connectivity index (χ0n) is 17.7. The van der Waals surface area contributed by atoms with Gasteiger partial charge in [-0.1, -0.05) is 80.1 Å². The Balaban J connectivity index is 0.00000256. The van der Waals surface area contributed by atoms with Gasteiger partial charge < -0.3 is 28.9 Å². The zero-order valence-corrected chi connectivity index (χ0v) is 21.5. The highest BCUT2D eigenvalue weighted by molar-refractivity contribution is 8.03. The lowest BCUT2D eigenvalue weighted by Crippen LogP contribution is -3.00. The van der Waals surface area contributed by atoms with Crippen LogP contribution in [0.1, 0.15) is 44.5 Å². The van der Waals surface area contributed by atoms with Crippen molar-refractivity contribution < 1.29 is 28.5 Å². The number of anilines is 1. The van der Waals surface area contributed by atoms with Crippen LogP contribution >= 0.6 is 23.1 Å². The first-order valence-electron chi connectivity index (χ1n) is 10.7. The molecule has 2 nitrogen and oxygen atoms in total. The molecule has 0 amide bonds. The number of nitrogens with zero attached hydrogens (tertiary/aromatic N) is 2. The minimum atomic E-state index is 0. The van der Waals surface area contributed by atoms with Gasteiger partial charge in [-0.15, -0.1) is 0 Å². The number of allylic oxidation sites excluding steroid dienone is 2. The number of aryl methyl sites for hydroxylation is 1. The summed E-state index contributed by atoms with van der Waals surface area (Å²) in [7, 11) is 0. The molecule has 0 N–H and O–H groups in total. The molecule has 0 fully saturated rings. The number of aromatic nitrogens is 1. The second kappa shape index (κ2) is 11.3. The molecular weight excluding hydrogens is 519 g/mol. The first kappa shape index (κ1) is 23.4. The number of hydrogen-bond donors (Lipinski definition) is 0. The second-order valence-corrected chi connectivity index (χ2v) is 9.48. The predicted octanol–water partition coefficient (Wildman–Crippen LogP) is 4.26. The van der Waals surface area contributed by atoms with E-state index < -0.39 is 0 Å². The third-order valence-corrected chi connectivity index (χ3v) is 7.48. The van der Waals surface area contributed by atoms with Crippen LogP contribution < -0.4 is 33.4 Å². The van der Waals surface area contributed by atoms with Gasteiger partial charge in [0.1, 0.15) is 4.70 Å². The van der Waals surface area contributed by atoms with Crippen LogP contribution in [0.25, 0.3) is 16.3 Å². The molecule has 3 aromatic rings. The summed E-state index contributed by atoms with van der Waals surface area (Å²) in [4.78, 5) is 3.84. The van der Waals surface area contributed by atoms with Crippen molar-refractivity contribution in [2.45, 2.75) is 51.0 Å². The van der Waals surface area contributed by atoms with E-state index in [1.807, 2.05) is 23.1 Å². The number of para-hydroxylation sites is 2. The summed E-state index contributed by atoms with van der Waals surface area (Å²) in [6.45, 7) is 6.68. The highest BCUT2D eigenvalue weighted by atomic mass is 127. The maximum Gasteiger partial charge on any atom is 0.262 e. The van der Waals surface area contributed by atoms with Gasteiger partial charge in [0.05, 0.1) is 10.7 Å². The van der Waals surface area contributed by atoms with Crippen molar-refractivity contribution in [3.05, 3.63) is 70.7 Å². The van der Waals surface area contributed by atoms with E-state index in [2.05, 4.69) is 90.1 Å². The largest absolute Gasteiger partial charge is 1.00 e. The third kappa shape index (κ3) is 5.11. The van der Waals surface area contributed by atoms with Crippen molar-refractivity contribution in [2.75, 3.05) is 11.4 Å². The van der Waals surface area contributed by atoms with E-state index in [4.69, 9.17) is 0 Å². The number of benzene rings is 2. The minimum absolute atomic E-state index is 0. The van der Waals surface area contributed by atoms with Crippen molar-refractivity contribution in [3.63, 3.8) is 0 Å². The van der Waals surface area contributed by atoms with Crippen LogP contribution in [0, 0.1) is 0 Å². The number of thioether (sulfide) groups is 1. The summed E-state index contributed by atoms with van der Waals surface area (Å²) in [6, 6.07) is 17.5. The van der Waals surface area contributed by atoms with Crippen molar-refractivity contribution in [2.24, 2.45) is 0 Å². The predicted molar refractivity (Wildman–Crippen MR) is 129 cm³/mol. The number of fused-ring (bicyclic) bond motifs is 2. The van der Waals surface area contributed by atoms with Crippen molar-refractivity contribution >= 4 is 45.1 Å². The third-order valence-electron chi connectivity index (χ3n) is 5.22. The lowest BCUT2D eigenvalue weighted by atomic mass is 10.2. The van der Waals surface area contributed by atoms with Crippen LogP contribution in [-0.2, 0) is 6.54 Å². The van der Waals surface area contributed by atoms with E-state index in [-0.39, 0.29) is 24.0 Å². The molecule has 5 heteroatoms. The normalized spacial score (nSPS) is 14.6. The van der Waals surface area contributed by atoms with Gasteiger partial charge in [0, 0.05) is 30.0 Å². The molecule has 1 aliphatic heterocycles. The molecule has 0 spiro atoms. The average molecular weight is 549 g/mol. The van der Waals surface area contributed by atoms with E-state index in [1.165, 1.54) is 56.5 Å². The molecule has 0 bridgehead atoms. The Bertz CT molecular complexity index is 1040. The monoisotopic (exact) mass is 548 g/mol. The van der Waals surface area contributed by atoms with E-state index >= 15 is 0 Å². The van der Waals surface area contributed by atoms with E-state index in [0.29, 0.717) is 0 Å². The molecule has 0 aliphatic carbocycles. The standard InChI is InChI=1S/C25H29N2S2.HI/c1-3-5-18-26-20-12-7-9-14-22(20)28-24(26)16-11-17-25-27(19-6-4-2)21-13-8-10-15-23(21)29-25;/h7-17H,3-6,18-19H2,1-2H3;1H/q+1;/p-1. The summed E-state index contributed by atoms with van der Waals surface area (Å²) in [5, 5.41) is 2.66. The molecule has 30 heavy (non-hydrogen) atoms. The fraction of sp³-hybridized carbons (Fsp3) is 0.320. The van der Waals surface area contributed by atoms with Gasteiger partial charge in [-0.2, -0.15) is 4.57 Å². The molecule has 0 radical (unpaired) electrons. The maximum atomic E-state index is 2.48. The summed E-state index contributed by atoms with van der Waals surface area (Å²) >= 11 is 3.77. The number of thiazole rings is 1. The molecule has 1 aliphatic rings. The van der Waals surface area contributed by atoms with Gasteiger partial charge in [-0.05, 0) is 30.7 Å². The highest BCUT2D eigenvalue weighted by Gasteiger charge is 2.23.